The molecule has 1 aliphatic rings. The van der Waals surface area contributed by atoms with Gasteiger partial charge in [-0.3, -0.25) is 0 Å². The van der Waals surface area contributed by atoms with Crippen LogP contribution in [0.25, 0.3) is 0 Å². The Bertz CT molecular complexity index is 1250. The lowest BCUT2D eigenvalue weighted by Gasteiger charge is -2.33. The summed E-state index contributed by atoms with van der Waals surface area (Å²) in [6.45, 7) is 10.4. The van der Waals surface area contributed by atoms with Gasteiger partial charge < -0.3 is 38.1 Å². The molecule has 0 amide bonds. The van der Waals surface area contributed by atoms with E-state index in [1.807, 2.05) is 26.1 Å². The van der Waals surface area contributed by atoms with E-state index in [9.17, 15) is 8.42 Å². The lowest BCUT2D eigenvalue weighted by Crippen LogP contribution is -2.31. The Balaban J connectivity index is 1.21. The largest absolute Gasteiger partial charge is 0.379 e. The molecule has 0 saturated carbocycles. The van der Waals surface area contributed by atoms with Crippen LogP contribution in [0, 0.1) is 0 Å². The summed E-state index contributed by atoms with van der Waals surface area (Å²) in [6.07, 6.45) is 0.392. The van der Waals surface area contributed by atoms with E-state index in [0.29, 0.717) is 114 Å². The van der Waals surface area contributed by atoms with Crippen LogP contribution < -0.4 is 0 Å². The molecule has 10 nitrogen and oxygen atoms in total. The average molecular weight is 707 g/mol. The van der Waals surface area contributed by atoms with Crippen LogP contribution in [0.15, 0.2) is 41.3 Å². The van der Waals surface area contributed by atoms with E-state index >= 15 is 0 Å². The molecule has 0 spiro atoms. The molecule has 1 heterocycles. The fourth-order valence-electron chi connectivity index (χ4n) is 4.99. The van der Waals surface area contributed by atoms with Crippen molar-refractivity contribution in [1.29, 1.82) is 0 Å². The molecular formula is C33H49Cl2NO9S. The number of rotatable bonds is 25. The third kappa shape index (κ3) is 14.4. The molecule has 2 aromatic rings. The molecule has 13 heteroatoms. The van der Waals surface area contributed by atoms with Gasteiger partial charge in [-0.1, -0.05) is 35.3 Å². The molecule has 0 bridgehead atoms. The van der Waals surface area contributed by atoms with Gasteiger partial charge in [-0.15, -0.1) is 0 Å². The van der Waals surface area contributed by atoms with Crippen molar-refractivity contribution in [2.45, 2.75) is 30.7 Å². The third-order valence-electron chi connectivity index (χ3n) is 7.25. The van der Waals surface area contributed by atoms with Gasteiger partial charge in [-0.05, 0) is 61.3 Å². The van der Waals surface area contributed by atoms with E-state index in [1.54, 1.807) is 24.3 Å². The zero-order valence-electron chi connectivity index (χ0n) is 27.1. The number of nitrogens with zero attached hydrogens (tertiary/aromatic N) is 1. The predicted octanol–water partition coefficient (Wildman–Crippen LogP) is 4.87. The maximum atomic E-state index is 13.1. The standard InChI is InChI=1S/C33H49Cl2NO9S/c1-3-39-9-10-41-13-14-43-17-18-45-20-19-44-16-15-42-12-11-40-8-5-21-46(37,38)29-7-4-6-27(22-29)31-25-36(2)26-32-30(31)23-28(34)24-33(32)35/h4,6-7,22-24,31H,3,5,8-21,25-26H2,1-2H3. The first-order chi connectivity index (χ1) is 22.3. The van der Waals surface area contributed by atoms with Crippen LogP contribution in [0.3, 0.4) is 0 Å². The first-order valence-electron chi connectivity index (χ1n) is 15.8. The van der Waals surface area contributed by atoms with Crippen molar-refractivity contribution in [3.8, 4) is 0 Å². The molecule has 1 aliphatic heterocycles. The summed E-state index contributed by atoms with van der Waals surface area (Å²) in [5.74, 6) is -0.0263. The Morgan fingerprint density at radius 1 is 0.739 bits per heavy atom. The van der Waals surface area contributed by atoms with Crippen molar-refractivity contribution in [3.05, 3.63) is 63.1 Å². The first-order valence-corrected chi connectivity index (χ1v) is 18.3. The molecule has 0 radical (unpaired) electrons. The number of ether oxygens (including phenoxy) is 7. The molecule has 0 saturated heterocycles. The molecular weight excluding hydrogens is 657 g/mol. The van der Waals surface area contributed by atoms with Gasteiger partial charge in [0.2, 0.25) is 0 Å². The third-order valence-corrected chi connectivity index (χ3v) is 9.60. The fourth-order valence-corrected chi connectivity index (χ4v) is 6.89. The molecule has 1 atom stereocenters. The minimum absolute atomic E-state index is 0.00152. The van der Waals surface area contributed by atoms with Crippen LogP contribution in [0.1, 0.15) is 36.0 Å². The zero-order chi connectivity index (χ0) is 33.0. The molecule has 0 aliphatic carbocycles. The van der Waals surface area contributed by atoms with Gasteiger partial charge in [0, 0.05) is 42.3 Å². The quantitative estimate of drug-likeness (QED) is 0.133. The van der Waals surface area contributed by atoms with Crippen LogP contribution in [0.2, 0.25) is 10.0 Å². The average Bonchev–Trinajstić information content (AvgIpc) is 3.03. The predicted molar refractivity (Wildman–Crippen MR) is 179 cm³/mol. The number of likely N-dealkylation sites (N-methyl/N-ethyl adjacent to an activating group) is 1. The minimum atomic E-state index is -3.47. The molecule has 0 aromatic heterocycles. The second-order valence-corrected chi connectivity index (χ2v) is 13.8. The number of sulfone groups is 1. The smallest absolute Gasteiger partial charge is 0.178 e. The van der Waals surface area contributed by atoms with E-state index in [1.165, 1.54) is 0 Å². The van der Waals surface area contributed by atoms with Gasteiger partial charge in [-0.25, -0.2) is 8.42 Å². The van der Waals surface area contributed by atoms with Gasteiger partial charge in [0.05, 0.1) is 89.9 Å². The summed E-state index contributed by atoms with van der Waals surface area (Å²) in [6, 6.07) is 10.9. The summed E-state index contributed by atoms with van der Waals surface area (Å²) in [5.41, 5.74) is 3.00. The molecule has 0 N–H and O–H groups in total. The molecule has 2 aromatic carbocycles. The molecule has 46 heavy (non-hydrogen) atoms. The van der Waals surface area contributed by atoms with Crippen molar-refractivity contribution >= 4 is 33.0 Å². The second kappa shape index (κ2) is 22.3. The van der Waals surface area contributed by atoms with Gasteiger partial charge >= 0.3 is 0 Å². The van der Waals surface area contributed by atoms with Crippen LogP contribution in [-0.2, 0) is 49.5 Å². The van der Waals surface area contributed by atoms with Gasteiger partial charge in [0.25, 0.3) is 0 Å². The van der Waals surface area contributed by atoms with E-state index in [4.69, 9.17) is 56.4 Å². The van der Waals surface area contributed by atoms with E-state index in [0.717, 1.165) is 29.8 Å². The van der Waals surface area contributed by atoms with Gasteiger partial charge in [-0.2, -0.15) is 0 Å². The highest BCUT2D eigenvalue weighted by Crippen LogP contribution is 2.38. The van der Waals surface area contributed by atoms with Crippen LogP contribution >= 0.6 is 23.2 Å². The Kier molecular flexibility index (Phi) is 19.0. The lowest BCUT2D eigenvalue weighted by molar-refractivity contribution is -0.0200. The monoisotopic (exact) mass is 705 g/mol. The molecule has 3 rings (SSSR count). The van der Waals surface area contributed by atoms with Crippen molar-refractivity contribution < 1.29 is 41.6 Å². The van der Waals surface area contributed by atoms with Crippen LogP contribution in [0.4, 0.5) is 0 Å². The highest BCUT2D eigenvalue weighted by Gasteiger charge is 2.28. The fraction of sp³-hybridized carbons (Fsp3) is 0.636. The van der Waals surface area contributed by atoms with Gasteiger partial charge in [0.1, 0.15) is 0 Å². The molecule has 1 unspecified atom stereocenters. The van der Waals surface area contributed by atoms with Crippen LogP contribution in [0.5, 0.6) is 0 Å². The molecule has 260 valence electrons. The second-order valence-electron chi connectivity index (χ2n) is 10.8. The normalized spacial score (nSPS) is 15.3. The van der Waals surface area contributed by atoms with E-state index < -0.39 is 9.84 Å². The zero-order valence-corrected chi connectivity index (χ0v) is 29.4. The summed E-state index contributed by atoms with van der Waals surface area (Å²) < 4.78 is 64.3. The van der Waals surface area contributed by atoms with E-state index in [-0.39, 0.29) is 11.7 Å². The highest BCUT2D eigenvalue weighted by molar-refractivity contribution is 7.91. The first kappa shape index (κ1) is 39.1. The topological polar surface area (TPSA) is 102 Å². The number of hydrogen-bond acceptors (Lipinski definition) is 10. The van der Waals surface area contributed by atoms with Gasteiger partial charge in [0.15, 0.2) is 9.84 Å². The van der Waals surface area contributed by atoms with Crippen molar-refractivity contribution in [3.63, 3.8) is 0 Å². The number of hydrogen-bond donors (Lipinski definition) is 0. The SMILES string of the molecule is CCOCCOCCOCCOCCOCCOCCOCCCS(=O)(=O)c1cccc(C2CN(C)Cc3c(Cl)cc(Cl)cc32)c1. The summed E-state index contributed by atoms with van der Waals surface area (Å²) in [5, 5.41) is 1.21. The van der Waals surface area contributed by atoms with Crippen LogP contribution in [-0.4, -0.2) is 125 Å². The number of benzene rings is 2. The summed E-state index contributed by atoms with van der Waals surface area (Å²) in [4.78, 5) is 2.49. The lowest BCUT2D eigenvalue weighted by atomic mass is 9.85. The van der Waals surface area contributed by atoms with E-state index in [2.05, 4.69) is 4.90 Å². The molecule has 0 fully saturated rings. The minimum Gasteiger partial charge on any atom is -0.379 e. The Hall–Kier alpha value is -1.35. The van der Waals surface area contributed by atoms with Crippen molar-refractivity contribution in [2.75, 3.05) is 112 Å². The van der Waals surface area contributed by atoms with Crippen molar-refractivity contribution in [2.24, 2.45) is 0 Å². The maximum absolute atomic E-state index is 13.1. The summed E-state index contributed by atoms with van der Waals surface area (Å²) >= 11 is 12.8. The summed E-state index contributed by atoms with van der Waals surface area (Å²) in [7, 11) is -1.44. The number of fused-ring (bicyclic) bond motifs is 1. The maximum Gasteiger partial charge on any atom is 0.178 e. The Labute approximate surface area is 284 Å². The number of halogens is 2. The Morgan fingerprint density at radius 2 is 1.26 bits per heavy atom. The Morgan fingerprint density at radius 3 is 1.80 bits per heavy atom. The highest BCUT2D eigenvalue weighted by atomic mass is 35.5. The van der Waals surface area contributed by atoms with Crippen molar-refractivity contribution in [1.82, 2.24) is 4.90 Å².